The second-order valence-electron chi connectivity index (χ2n) is 6.91. The smallest absolute Gasteiger partial charge is 0.255 e. The standard InChI is InChI=1S/C24H24N2O3/c1-28-23-11-5-18(6-12-23)19-3-2-4-20(17-19)24(27)25-21-7-9-22(10-8-21)26-13-15-29-16-14-26/h2-12,17H,13-16H2,1H3,(H,25,27). The Morgan fingerprint density at radius 2 is 1.66 bits per heavy atom. The van der Waals surface area contributed by atoms with Crippen molar-refractivity contribution in [3.63, 3.8) is 0 Å². The van der Waals surface area contributed by atoms with Crippen molar-refractivity contribution in [3.05, 3.63) is 78.4 Å². The highest BCUT2D eigenvalue weighted by molar-refractivity contribution is 6.05. The van der Waals surface area contributed by atoms with Crippen LogP contribution in [0.5, 0.6) is 5.75 Å². The maximum Gasteiger partial charge on any atom is 0.255 e. The molecule has 0 spiro atoms. The number of hydrogen-bond donors (Lipinski definition) is 1. The molecule has 0 aromatic heterocycles. The number of carbonyl (C=O) groups excluding carboxylic acids is 1. The van der Waals surface area contributed by atoms with Crippen molar-refractivity contribution in [2.75, 3.05) is 43.6 Å². The van der Waals surface area contributed by atoms with Gasteiger partial charge in [-0.1, -0.05) is 24.3 Å². The number of anilines is 2. The van der Waals surface area contributed by atoms with Crippen molar-refractivity contribution >= 4 is 17.3 Å². The van der Waals surface area contributed by atoms with E-state index in [0.717, 1.165) is 54.6 Å². The van der Waals surface area contributed by atoms with Crippen LogP contribution in [0.25, 0.3) is 11.1 Å². The van der Waals surface area contributed by atoms with Gasteiger partial charge in [0.05, 0.1) is 20.3 Å². The van der Waals surface area contributed by atoms with Crippen LogP contribution in [0.1, 0.15) is 10.4 Å². The second kappa shape index (κ2) is 8.80. The van der Waals surface area contributed by atoms with Crippen LogP contribution in [0.2, 0.25) is 0 Å². The van der Waals surface area contributed by atoms with Gasteiger partial charge in [-0.05, 0) is 59.7 Å². The molecule has 0 radical (unpaired) electrons. The number of hydrogen-bond acceptors (Lipinski definition) is 4. The molecule has 1 amide bonds. The summed E-state index contributed by atoms with van der Waals surface area (Å²) in [5.74, 6) is 0.683. The number of methoxy groups -OCH3 is 1. The minimum Gasteiger partial charge on any atom is -0.497 e. The molecule has 1 N–H and O–H groups in total. The fourth-order valence-electron chi connectivity index (χ4n) is 3.40. The lowest BCUT2D eigenvalue weighted by Gasteiger charge is -2.28. The average molecular weight is 388 g/mol. The quantitative estimate of drug-likeness (QED) is 0.702. The highest BCUT2D eigenvalue weighted by atomic mass is 16.5. The summed E-state index contributed by atoms with van der Waals surface area (Å²) < 4.78 is 10.6. The molecule has 4 rings (SSSR count). The third-order valence-electron chi connectivity index (χ3n) is 5.05. The molecule has 148 valence electrons. The van der Waals surface area contributed by atoms with Crippen molar-refractivity contribution in [2.24, 2.45) is 0 Å². The monoisotopic (exact) mass is 388 g/mol. The Bertz CT molecular complexity index is 962. The summed E-state index contributed by atoms with van der Waals surface area (Å²) in [5, 5.41) is 2.98. The molecule has 0 unspecified atom stereocenters. The molecular formula is C24H24N2O3. The Morgan fingerprint density at radius 3 is 2.34 bits per heavy atom. The molecular weight excluding hydrogens is 364 g/mol. The van der Waals surface area contributed by atoms with E-state index in [4.69, 9.17) is 9.47 Å². The third kappa shape index (κ3) is 4.58. The van der Waals surface area contributed by atoms with Crippen LogP contribution in [0.3, 0.4) is 0 Å². The van der Waals surface area contributed by atoms with Crippen molar-refractivity contribution in [3.8, 4) is 16.9 Å². The molecule has 1 aliphatic rings. The molecule has 0 atom stereocenters. The van der Waals surface area contributed by atoms with Gasteiger partial charge in [-0.15, -0.1) is 0 Å². The maximum absolute atomic E-state index is 12.7. The molecule has 3 aromatic rings. The van der Waals surface area contributed by atoms with E-state index in [9.17, 15) is 4.79 Å². The highest BCUT2D eigenvalue weighted by Crippen LogP contribution is 2.24. The number of carbonyl (C=O) groups is 1. The zero-order valence-corrected chi connectivity index (χ0v) is 16.4. The van der Waals surface area contributed by atoms with Crippen LogP contribution in [0, 0.1) is 0 Å². The van der Waals surface area contributed by atoms with Gasteiger partial charge in [0.1, 0.15) is 5.75 Å². The molecule has 5 nitrogen and oxygen atoms in total. The Balaban J connectivity index is 1.45. The summed E-state index contributed by atoms with van der Waals surface area (Å²) in [7, 11) is 1.65. The van der Waals surface area contributed by atoms with Crippen LogP contribution in [-0.2, 0) is 4.74 Å². The van der Waals surface area contributed by atoms with Gasteiger partial charge in [-0.25, -0.2) is 0 Å². The zero-order chi connectivity index (χ0) is 20.1. The maximum atomic E-state index is 12.7. The zero-order valence-electron chi connectivity index (χ0n) is 16.4. The van der Waals surface area contributed by atoms with E-state index in [1.165, 1.54) is 0 Å². The summed E-state index contributed by atoms with van der Waals surface area (Å²) in [6.07, 6.45) is 0. The van der Waals surface area contributed by atoms with E-state index >= 15 is 0 Å². The van der Waals surface area contributed by atoms with E-state index < -0.39 is 0 Å². The van der Waals surface area contributed by atoms with Gasteiger partial charge < -0.3 is 19.7 Å². The van der Waals surface area contributed by atoms with Crippen LogP contribution in [-0.4, -0.2) is 39.3 Å². The minimum atomic E-state index is -0.125. The number of amides is 1. The molecule has 29 heavy (non-hydrogen) atoms. The van der Waals surface area contributed by atoms with Gasteiger partial charge in [0.2, 0.25) is 0 Å². The molecule has 1 aliphatic heterocycles. The fourth-order valence-corrected chi connectivity index (χ4v) is 3.40. The predicted molar refractivity (Wildman–Crippen MR) is 116 cm³/mol. The van der Waals surface area contributed by atoms with Gasteiger partial charge in [0, 0.05) is 30.0 Å². The molecule has 1 fully saturated rings. The minimum absolute atomic E-state index is 0.125. The van der Waals surface area contributed by atoms with Crippen molar-refractivity contribution in [1.82, 2.24) is 0 Å². The van der Waals surface area contributed by atoms with E-state index in [0.29, 0.717) is 5.56 Å². The summed E-state index contributed by atoms with van der Waals surface area (Å²) in [4.78, 5) is 15.0. The first-order chi connectivity index (χ1) is 14.2. The number of morpholine rings is 1. The van der Waals surface area contributed by atoms with Gasteiger partial charge in [0.25, 0.3) is 5.91 Å². The topological polar surface area (TPSA) is 50.8 Å². The van der Waals surface area contributed by atoms with Gasteiger partial charge in [0.15, 0.2) is 0 Å². The number of rotatable bonds is 5. The lowest BCUT2D eigenvalue weighted by molar-refractivity contribution is 0.102. The lowest BCUT2D eigenvalue weighted by Crippen LogP contribution is -2.36. The first kappa shape index (κ1) is 19.0. The van der Waals surface area contributed by atoms with Gasteiger partial charge in [-0.3, -0.25) is 4.79 Å². The van der Waals surface area contributed by atoms with E-state index in [2.05, 4.69) is 10.2 Å². The molecule has 0 aliphatic carbocycles. The van der Waals surface area contributed by atoms with E-state index in [1.54, 1.807) is 7.11 Å². The van der Waals surface area contributed by atoms with Crippen LogP contribution in [0.15, 0.2) is 72.8 Å². The molecule has 1 heterocycles. The molecule has 1 saturated heterocycles. The predicted octanol–water partition coefficient (Wildman–Crippen LogP) is 4.45. The van der Waals surface area contributed by atoms with E-state index in [1.807, 2.05) is 72.8 Å². The summed E-state index contributed by atoms with van der Waals surface area (Å²) >= 11 is 0. The van der Waals surface area contributed by atoms with Crippen LogP contribution >= 0.6 is 0 Å². The van der Waals surface area contributed by atoms with Crippen LogP contribution in [0.4, 0.5) is 11.4 Å². The van der Waals surface area contributed by atoms with Crippen molar-refractivity contribution < 1.29 is 14.3 Å². The first-order valence-corrected chi connectivity index (χ1v) is 9.71. The molecule has 5 heteroatoms. The molecule has 3 aromatic carbocycles. The van der Waals surface area contributed by atoms with Crippen molar-refractivity contribution in [1.29, 1.82) is 0 Å². The molecule has 0 bridgehead atoms. The summed E-state index contributed by atoms with van der Waals surface area (Å²) in [6.45, 7) is 3.29. The highest BCUT2D eigenvalue weighted by Gasteiger charge is 2.12. The first-order valence-electron chi connectivity index (χ1n) is 9.71. The Kier molecular flexibility index (Phi) is 5.77. The number of nitrogens with one attached hydrogen (secondary N) is 1. The fraction of sp³-hybridized carbons (Fsp3) is 0.208. The molecule has 0 saturated carbocycles. The largest absolute Gasteiger partial charge is 0.497 e. The van der Waals surface area contributed by atoms with Crippen molar-refractivity contribution in [2.45, 2.75) is 0 Å². The number of benzene rings is 3. The lowest BCUT2D eigenvalue weighted by atomic mass is 10.0. The van der Waals surface area contributed by atoms with Gasteiger partial charge >= 0.3 is 0 Å². The number of nitrogens with zero attached hydrogens (tertiary/aromatic N) is 1. The normalized spacial score (nSPS) is 13.8. The number of ether oxygens (including phenoxy) is 2. The Hall–Kier alpha value is -3.31. The third-order valence-corrected chi connectivity index (χ3v) is 5.05. The Labute approximate surface area is 170 Å². The SMILES string of the molecule is COc1ccc(-c2cccc(C(=O)Nc3ccc(N4CCOCC4)cc3)c2)cc1. The second-order valence-corrected chi connectivity index (χ2v) is 6.91. The van der Waals surface area contributed by atoms with Crippen LogP contribution < -0.4 is 15.0 Å². The Morgan fingerprint density at radius 1 is 0.931 bits per heavy atom. The summed E-state index contributed by atoms with van der Waals surface area (Å²) in [6, 6.07) is 23.4. The van der Waals surface area contributed by atoms with E-state index in [-0.39, 0.29) is 5.91 Å². The average Bonchev–Trinajstić information content (AvgIpc) is 2.80. The van der Waals surface area contributed by atoms with Gasteiger partial charge in [-0.2, -0.15) is 0 Å². The summed E-state index contributed by atoms with van der Waals surface area (Å²) in [5.41, 5.74) is 4.57.